The molecule has 0 saturated carbocycles. The van der Waals surface area contributed by atoms with Gasteiger partial charge < -0.3 is 39.8 Å². The number of carbonyl (C=O) groups excluding carboxylic acids is 3. The minimum absolute atomic E-state index is 0.0113. The quantitative estimate of drug-likeness (QED) is 0.0555. The smallest absolute Gasteiger partial charge is 0.410 e. The Hall–Kier alpha value is -6.82. The summed E-state index contributed by atoms with van der Waals surface area (Å²) in [5, 5.41) is 16.8. The van der Waals surface area contributed by atoms with Crippen LogP contribution in [0.1, 0.15) is 76.8 Å². The van der Waals surface area contributed by atoms with Crippen molar-refractivity contribution in [3.8, 4) is 0 Å². The third kappa shape index (κ3) is 16.2. The Balaban J connectivity index is 0.000000258. The zero-order valence-corrected chi connectivity index (χ0v) is 41.4. The molecule has 0 aliphatic carbocycles. The van der Waals surface area contributed by atoms with Gasteiger partial charge in [-0.25, -0.2) is 48.3 Å². The van der Waals surface area contributed by atoms with Crippen LogP contribution in [0.25, 0.3) is 20.7 Å². The van der Waals surface area contributed by atoms with Crippen LogP contribution in [0.5, 0.6) is 0 Å². The number of halogens is 2. The number of methoxy groups -OCH3 is 1. The van der Waals surface area contributed by atoms with E-state index in [1.165, 1.54) is 95.8 Å². The van der Waals surface area contributed by atoms with Crippen molar-refractivity contribution >= 4 is 79.1 Å². The van der Waals surface area contributed by atoms with Gasteiger partial charge in [0.1, 0.15) is 56.2 Å². The van der Waals surface area contributed by atoms with E-state index < -0.39 is 58.8 Å². The summed E-state index contributed by atoms with van der Waals surface area (Å²) in [6, 6.07) is 5.73. The fourth-order valence-electron chi connectivity index (χ4n) is 6.14. The first kappa shape index (κ1) is 53.1. The van der Waals surface area contributed by atoms with Gasteiger partial charge in [-0.1, -0.05) is 36.5 Å². The molecule has 0 bridgehead atoms. The fraction of sp³-hybridized carbons (Fsp3) is 0.467. The molecule has 6 rings (SSSR count). The predicted octanol–water partition coefficient (Wildman–Crippen LogP) is 7.55. The first-order valence-corrected chi connectivity index (χ1v) is 23.4. The summed E-state index contributed by atoms with van der Waals surface area (Å²) in [7, 11) is 1.31. The van der Waals surface area contributed by atoms with Crippen LogP contribution in [0.15, 0.2) is 49.3 Å². The molecule has 0 fully saturated rings. The van der Waals surface area contributed by atoms with Crippen LogP contribution in [-0.2, 0) is 49.7 Å². The fourth-order valence-corrected chi connectivity index (χ4v) is 7.93. The number of aromatic nitrogens is 8. The van der Waals surface area contributed by atoms with Gasteiger partial charge in [0.2, 0.25) is 0 Å². The summed E-state index contributed by atoms with van der Waals surface area (Å²) >= 11 is 2.71. The molecule has 69 heavy (non-hydrogen) atoms. The number of rotatable bonds is 18. The summed E-state index contributed by atoms with van der Waals surface area (Å²) in [5.74, 6) is -2.59. The number of carboxylic acids is 1. The lowest BCUT2D eigenvalue weighted by Crippen LogP contribution is -2.41. The second-order valence-corrected chi connectivity index (χ2v) is 19.7. The minimum atomic E-state index is -0.996. The first-order valence-electron chi connectivity index (χ1n) is 21.7. The van der Waals surface area contributed by atoms with E-state index in [4.69, 9.17) is 14.2 Å². The molecule has 24 heteroatoms. The number of aliphatic carboxylic acids is 1. The molecule has 6 aromatic rings. The van der Waals surface area contributed by atoms with Crippen LogP contribution in [0.2, 0.25) is 0 Å². The van der Waals surface area contributed by atoms with E-state index in [0.717, 1.165) is 5.01 Å². The standard InChI is InChI=1S/C23H29FN6O4S.C22H27FN6O4S/c1-14(21(31)33-5)12-30(22(32)34-23(2,3)4)10-8-17-29-18-19(27-13-28-20(18)35-17)26-11-16-15(24)7-6-9-25-16;1-13(20(30)31)11-29(21(32)33-22(2,3)4)9-7-16-28-17-18(26-12-27-19(17)34-16)25-10-15-14(23)6-5-8-24-15/h6-7,9,13-14H,8,10-12H2,1-5H3,(H,26,27,28);5-6,8,12-13H,7,9-11H2,1-4H3,(H,30,31)(H,25,26,27)/t14-;13-/m00/s1. The Morgan fingerprint density at radius 1 is 0.681 bits per heavy atom. The zero-order valence-electron chi connectivity index (χ0n) is 39.8. The van der Waals surface area contributed by atoms with Crippen molar-refractivity contribution in [1.82, 2.24) is 49.7 Å². The molecular formula is C45H56F2N12O8S2. The van der Waals surface area contributed by atoms with Crippen molar-refractivity contribution in [3.05, 3.63) is 82.4 Å². The highest BCUT2D eigenvalue weighted by Crippen LogP contribution is 2.27. The number of hydrogen-bond donors (Lipinski definition) is 3. The lowest BCUT2D eigenvalue weighted by atomic mass is 10.1. The highest BCUT2D eigenvalue weighted by molar-refractivity contribution is 7.18. The predicted molar refractivity (Wildman–Crippen MR) is 254 cm³/mol. The van der Waals surface area contributed by atoms with E-state index >= 15 is 0 Å². The maximum atomic E-state index is 13.9. The maximum Gasteiger partial charge on any atom is 0.410 e. The second kappa shape index (κ2) is 24.0. The van der Waals surface area contributed by atoms with Crippen LogP contribution >= 0.6 is 22.7 Å². The number of carboxylic acid groups (broad SMARTS) is 1. The Morgan fingerprint density at radius 2 is 1.10 bits per heavy atom. The summed E-state index contributed by atoms with van der Waals surface area (Å²) in [6.07, 6.45) is 5.53. The summed E-state index contributed by atoms with van der Waals surface area (Å²) < 4.78 is 43.5. The Bertz CT molecular complexity index is 2710. The van der Waals surface area contributed by atoms with Gasteiger partial charge in [0.25, 0.3) is 0 Å². The summed E-state index contributed by atoms with van der Waals surface area (Å²) in [6.45, 7) is 14.8. The lowest BCUT2D eigenvalue weighted by Gasteiger charge is -2.28. The topological polar surface area (TPSA) is 250 Å². The number of fused-ring (bicyclic) bond motifs is 2. The molecule has 0 spiro atoms. The van der Waals surface area contributed by atoms with Crippen molar-refractivity contribution in [2.75, 3.05) is 43.9 Å². The highest BCUT2D eigenvalue weighted by Gasteiger charge is 2.28. The molecule has 0 unspecified atom stereocenters. The number of amides is 2. The van der Waals surface area contributed by atoms with E-state index in [0.29, 0.717) is 50.2 Å². The molecule has 20 nitrogen and oxygen atoms in total. The molecule has 6 aromatic heterocycles. The molecule has 6 heterocycles. The monoisotopic (exact) mass is 994 g/mol. The van der Waals surface area contributed by atoms with Crippen molar-refractivity contribution in [2.45, 2.75) is 92.5 Å². The minimum Gasteiger partial charge on any atom is -0.481 e. The number of anilines is 2. The zero-order chi connectivity index (χ0) is 50.5. The second-order valence-electron chi connectivity index (χ2n) is 17.6. The number of esters is 1. The van der Waals surface area contributed by atoms with Crippen molar-refractivity contribution in [2.24, 2.45) is 11.8 Å². The molecule has 0 aromatic carbocycles. The number of hydrogen-bond acceptors (Lipinski definition) is 19. The average Bonchev–Trinajstić information content (AvgIpc) is 3.92. The van der Waals surface area contributed by atoms with Gasteiger partial charge in [-0.2, -0.15) is 0 Å². The number of ether oxygens (including phenoxy) is 3. The molecule has 0 saturated heterocycles. The van der Waals surface area contributed by atoms with Crippen LogP contribution in [0.3, 0.4) is 0 Å². The van der Waals surface area contributed by atoms with Gasteiger partial charge >= 0.3 is 24.1 Å². The number of carbonyl (C=O) groups is 4. The molecular weight excluding hydrogens is 939 g/mol. The van der Waals surface area contributed by atoms with E-state index in [2.05, 4.69) is 50.5 Å². The van der Waals surface area contributed by atoms with Crippen molar-refractivity contribution in [1.29, 1.82) is 0 Å². The van der Waals surface area contributed by atoms with Crippen LogP contribution < -0.4 is 10.6 Å². The SMILES string of the molecule is COC(=O)[C@@H](C)CN(CCc1nc2c(NCc3ncccc3F)ncnc2s1)C(=O)OC(C)(C)C.C[C@@H](CN(CCc1nc2c(NCc3ncccc3F)ncnc2s1)C(=O)OC(C)(C)C)C(=O)O. The molecule has 370 valence electrons. The molecule has 0 aliphatic heterocycles. The van der Waals surface area contributed by atoms with Crippen molar-refractivity contribution < 1.29 is 47.3 Å². The maximum absolute atomic E-state index is 13.9. The van der Waals surface area contributed by atoms with Crippen molar-refractivity contribution in [3.63, 3.8) is 0 Å². The van der Waals surface area contributed by atoms with Gasteiger partial charge in [0.15, 0.2) is 11.6 Å². The average molecular weight is 995 g/mol. The first-order chi connectivity index (χ1) is 32.6. The van der Waals surface area contributed by atoms with Crippen LogP contribution in [0, 0.1) is 23.5 Å². The third-order valence-electron chi connectivity index (χ3n) is 9.50. The number of thiazole rings is 2. The van der Waals surface area contributed by atoms with E-state index in [-0.39, 0.29) is 50.7 Å². The molecule has 2 amide bonds. The number of nitrogens with zero attached hydrogens (tertiary/aromatic N) is 10. The van der Waals surface area contributed by atoms with E-state index in [9.17, 15) is 33.1 Å². The lowest BCUT2D eigenvalue weighted by molar-refractivity contribution is -0.145. The van der Waals surface area contributed by atoms with Gasteiger partial charge in [-0.3, -0.25) is 19.6 Å². The Labute approximate surface area is 405 Å². The normalized spacial score (nSPS) is 12.3. The number of pyridine rings is 2. The summed E-state index contributed by atoms with van der Waals surface area (Å²) in [4.78, 5) is 87.0. The van der Waals surface area contributed by atoms with Gasteiger partial charge in [-0.15, -0.1) is 0 Å². The summed E-state index contributed by atoms with van der Waals surface area (Å²) in [5.41, 5.74) is 0.217. The molecule has 2 atom stereocenters. The molecule has 3 N–H and O–H groups in total. The largest absolute Gasteiger partial charge is 0.481 e. The van der Waals surface area contributed by atoms with Gasteiger partial charge in [0.05, 0.1) is 53.4 Å². The van der Waals surface area contributed by atoms with Gasteiger partial charge in [-0.05, 0) is 65.8 Å². The van der Waals surface area contributed by atoms with E-state index in [1.54, 1.807) is 48.5 Å². The highest BCUT2D eigenvalue weighted by atomic mass is 32.1. The van der Waals surface area contributed by atoms with Gasteiger partial charge in [0, 0.05) is 51.4 Å². The molecule has 0 radical (unpaired) electrons. The molecule has 0 aliphatic rings. The Kier molecular flexibility index (Phi) is 18.4. The Morgan fingerprint density at radius 3 is 1.48 bits per heavy atom. The van der Waals surface area contributed by atoms with Crippen LogP contribution in [0.4, 0.5) is 30.0 Å². The van der Waals surface area contributed by atoms with Crippen LogP contribution in [-0.4, -0.2) is 123 Å². The number of nitrogens with one attached hydrogen (secondary N) is 2. The third-order valence-corrected chi connectivity index (χ3v) is 11.5. The van der Waals surface area contributed by atoms with E-state index in [1.807, 2.05) is 0 Å².